The zero-order valence-corrected chi connectivity index (χ0v) is 19.5. The number of hydrogen-bond donors (Lipinski definition) is 1. The van der Waals surface area contributed by atoms with Crippen LogP contribution in [-0.4, -0.2) is 29.3 Å². The summed E-state index contributed by atoms with van der Waals surface area (Å²) in [6, 6.07) is 15.1. The Bertz CT molecular complexity index is 1800. The Kier molecular flexibility index (Phi) is 5.17. The second-order valence-corrected chi connectivity index (χ2v) is 9.03. The van der Waals surface area contributed by atoms with Gasteiger partial charge in [-0.1, -0.05) is 45.0 Å². The Morgan fingerprint density at radius 2 is 1.83 bits per heavy atom. The fourth-order valence-corrected chi connectivity index (χ4v) is 3.91. The van der Waals surface area contributed by atoms with Gasteiger partial charge in [-0.05, 0) is 18.2 Å². The molecular formula is C24H19N9O3. The maximum atomic E-state index is 12.8. The minimum Gasteiger partial charge on any atom is -0.304 e. The highest BCUT2D eigenvalue weighted by Gasteiger charge is 2.27. The van der Waals surface area contributed by atoms with Crippen LogP contribution in [0.4, 0.5) is 17.2 Å². The number of fused-ring (bicyclic) bond motifs is 3. The van der Waals surface area contributed by atoms with E-state index in [1.807, 2.05) is 32.9 Å². The van der Waals surface area contributed by atoms with Gasteiger partial charge in [0, 0.05) is 11.5 Å². The van der Waals surface area contributed by atoms with Gasteiger partial charge < -0.3 is 4.98 Å². The molecule has 0 saturated heterocycles. The normalized spacial score (nSPS) is 11.9. The zero-order chi connectivity index (χ0) is 25.6. The van der Waals surface area contributed by atoms with E-state index in [4.69, 9.17) is 5.10 Å². The number of rotatable bonds is 4. The number of nitro benzene ring substituents is 1. The first-order valence-electron chi connectivity index (χ1n) is 10.9. The van der Waals surface area contributed by atoms with Gasteiger partial charge in [-0.15, -0.1) is 10.2 Å². The van der Waals surface area contributed by atoms with Crippen LogP contribution in [0.2, 0.25) is 0 Å². The predicted molar refractivity (Wildman–Crippen MR) is 131 cm³/mol. The topological polar surface area (TPSA) is 160 Å². The number of nitrogens with one attached hydrogen (secondary N) is 1. The number of aromatic amines is 1. The lowest BCUT2D eigenvalue weighted by molar-refractivity contribution is -0.384. The van der Waals surface area contributed by atoms with E-state index in [-0.39, 0.29) is 28.3 Å². The largest absolute Gasteiger partial charge is 0.304 e. The first-order chi connectivity index (χ1) is 17.2. The first kappa shape index (κ1) is 22.6. The first-order valence-corrected chi connectivity index (χ1v) is 10.9. The van der Waals surface area contributed by atoms with Crippen LogP contribution in [0.15, 0.2) is 69.8 Å². The van der Waals surface area contributed by atoms with Gasteiger partial charge in [0.15, 0.2) is 17.2 Å². The zero-order valence-electron chi connectivity index (χ0n) is 19.5. The highest BCUT2D eigenvalue weighted by atomic mass is 16.6. The summed E-state index contributed by atoms with van der Waals surface area (Å²) in [5.74, 6) is 0.00847. The molecule has 36 heavy (non-hydrogen) atoms. The summed E-state index contributed by atoms with van der Waals surface area (Å²) in [6.07, 6.45) is 1.27. The summed E-state index contributed by atoms with van der Waals surface area (Å²) in [5, 5.41) is 39.2. The molecule has 5 aromatic rings. The number of nitro groups is 1. The number of azo groups is 1. The molecule has 0 aliphatic heterocycles. The summed E-state index contributed by atoms with van der Waals surface area (Å²) < 4.78 is 2.80. The summed E-state index contributed by atoms with van der Waals surface area (Å²) in [6.45, 7) is 5.85. The minimum atomic E-state index is -0.539. The van der Waals surface area contributed by atoms with Crippen LogP contribution in [0.1, 0.15) is 32.0 Å². The van der Waals surface area contributed by atoms with Crippen molar-refractivity contribution in [3.8, 4) is 11.8 Å². The van der Waals surface area contributed by atoms with Gasteiger partial charge in [-0.2, -0.15) is 15.5 Å². The maximum absolute atomic E-state index is 12.8. The molecule has 3 aromatic heterocycles. The van der Waals surface area contributed by atoms with Crippen LogP contribution in [-0.2, 0) is 5.41 Å². The molecule has 0 bridgehead atoms. The third kappa shape index (κ3) is 3.59. The van der Waals surface area contributed by atoms with Gasteiger partial charge in [-0.3, -0.25) is 14.9 Å². The van der Waals surface area contributed by atoms with Crippen LogP contribution in [0.5, 0.6) is 0 Å². The quantitative estimate of drug-likeness (QED) is 0.219. The van der Waals surface area contributed by atoms with Crippen molar-refractivity contribution in [2.45, 2.75) is 26.2 Å². The molecule has 0 saturated carbocycles. The van der Waals surface area contributed by atoms with E-state index in [9.17, 15) is 20.2 Å². The number of hydrogen-bond acceptors (Lipinski definition) is 8. The number of benzene rings is 2. The van der Waals surface area contributed by atoms with Crippen LogP contribution >= 0.6 is 0 Å². The molecule has 3 heterocycles. The lowest BCUT2D eigenvalue weighted by atomic mass is 9.91. The summed E-state index contributed by atoms with van der Waals surface area (Å²) in [7, 11) is 0. The van der Waals surface area contributed by atoms with Crippen molar-refractivity contribution in [2.75, 3.05) is 0 Å². The van der Waals surface area contributed by atoms with Gasteiger partial charge in [0.25, 0.3) is 11.2 Å². The van der Waals surface area contributed by atoms with Crippen LogP contribution in [0.25, 0.3) is 22.2 Å². The van der Waals surface area contributed by atoms with Crippen molar-refractivity contribution in [3.63, 3.8) is 0 Å². The Labute approximate surface area is 203 Å². The Balaban J connectivity index is 1.76. The fourth-order valence-electron chi connectivity index (χ4n) is 3.91. The number of nitriles is 1. The highest BCUT2D eigenvalue weighted by molar-refractivity contribution is 5.83. The van der Waals surface area contributed by atoms with Gasteiger partial charge in [0.2, 0.25) is 0 Å². The maximum Gasteiger partial charge on any atom is 0.294 e. The molecule has 1 N–H and O–H groups in total. The van der Waals surface area contributed by atoms with Gasteiger partial charge in [0.05, 0.1) is 27.7 Å². The Morgan fingerprint density at radius 1 is 1.11 bits per heavy atom. The summed E-state index contributed by atoms with van der Waals surface area (Å²) in [4.78, 5) is 26.7. The van der Waals surface area contributed by atoms with E-state index in [1.54, 1.807) is 28.8 Å². The third-order valence-corrected chi connectivity index (χ3v) is 5.60. The van der Waals surface area contributed by atoms with E-state index in [0.717, 1.165) is 0 Å². The molecule has 0 unspecified atom stereocenters. The van der Waals surface area contributed by atoms with Crippen LogP contribution in [0.3, 0.4) is 0 Å². The molecule has 0 atom stereocenters. The number of aromatic nitrogens is 5. The molecule has 0 spiro atoms. The number of H-pyrrole nitrogens is 1. The minimum absolute atomic E-state index is 0.00847. The highest BCUT2D eigenvalue weighted by Crippen LogP contribution is 2.36. The van der Waals surface area contributed by atoms with Crippen molar-refractivity contribution in [1.29, 1.82) is 5.26 Å². The fraction of sp³-hybridized carbons (Fsp3) is 0.167. The molecule has 0 radical (unpaired) electrons. The molecule has 12 nitrogen and oxygen atoms in total. The third-order valence-electron chi connectivity index (χ3n) is 5.60. The predicted octanol–water partition coefficient (Wildman–Crippen LogP) is 4.85. The molecule has 0 fully saturated rings. The van der Waals surface area contributed by atoms with Gasteiger partial charge in [-0.25, -0.2) is 9.20 Å². The average Bonchev–Trinajstić information content (AvgIpc) is 3.44. The molecule has 0 amide bonds. The Hall–Kier alpha value is -5.18. The van der Waals surface area contributed by atoms with Crippen molar-refractivity contribution in [2.24, 2.45) is 10.2 Å². The van der Waals surface area contributed by atoms with Gasteiger partial charge >= 0.3 is 0 Å². The standard InChI is InChI=1S/C24H19N9O3/c1-24(2,3)20-19(22-27-23(34)15-8-4-5-9-16(15)32(22)30-20)28-29-21-14(12-25)13-26-31(21)17-10-6-7-11-18(17)33(35)36/h4-11,13H,1-3H3,(H,27,34)/b29-28+. The molecule has 178 valence electrons. The molecule has 12 heteroatoms. The molecular weight excluding hydrogens is 462 g/mol. The van der Waals surface area contributed by atoms with E-state index in [2.05, 4.69) is 20.3 Å². The summed E-state index contributed by atoms with van der Waals surface area (Å²) >= 11 is 0. The second kappa shape index (κ2) is 8.24. The number of para-hydroxylation sites is 3. The van der Waals surface area contributed by atoms with Gasteiger partial charge in [0.1, 0.15) is 17.3 Å². The Morgan fingerprint density at radius 3 is 2.56 bits per heavy atom. The summed E-state index contributed by atoms with van der Waals surface area (Å²) in [5.41, 5.74) is 1.03. The van der Waals surface area contributed by atoms with E-state index >= 15 is 0 Å². The molecule has 0 aliphatic carbocycles. The second-order valence-electron chi connectivity index (χ2n) is 9.03. The monoisotopic (exact) mass is 481 g/mol. The lowest BCUT2D eigenvalue weighted by Gasteiger charge is -2.15. The smallest absolute Gasteiger partial charge is 0.294 e. The average molecular weight is 481 g/mol. The van der Waals surface area contributed by atoms with Crippen LogP contribution in [0, 0.1) is 21.4 Å². The van der Waals surface area contributed by atoms with Crippen molar-refractivity contribution in [1.82, 2.24) is 24.4 Å². The van der Waals surface area contributed by atoms with Crippen LogP contribution < -0.4 is 5.56 Å². The van der Waals surface area contributed by atoms with Crippen molar-refractivity contribution in [3.05, 3.63) is 86.5 Å². The van der Waals surface area contributed by atoms with E-state index in [1.165, 1.54) is 29.1 Å². The molecule has 2 aromatic carbocycles. The SMILES string of the molecule is CC(C)(C)c1nn2c([nH]c(=O)c3ccccc32)c1/N=N/c1c(C#N)cnn1-c1ccccc1[N+](=O)[O-]. The molecule has 0 aliphatic rings. The van der Waals surface area contributed by atoms with E-state index in [0.29, 0.717) is 27.9 Å². The molecule has 5 rings (SSSR count). The van der Waals surface area contributed by atoms with Crippen molar-refractivity contribution >= 4 is 33.7 Å². The van der Waals surface area contributed by atoms with Crippen molar-refractivity contribution < 1.29 is 4.92 Å². The lowest BCUT2D eigenvalue weighted by Crippen LogP contribution is -2.12. The number of nitrogens with zero attached hydrogens (tertiary/aromatic N) is 8. The van der Waals surface area contributed by atoms with E-state index < -0.39 is 10.3 Å².